The Labute approximate surface area is 188 Å². The molecular formula is C24H20N2O5S. The average molecular weight is 449 g/mol. The molecule has 2 aliphatic heterocycles. The minimum Gasteiger partial charge on any atom is -0.486 e. The van der Waals surface area contributed by atoms with E-state index in [1.54, 1.807) is 52.6 Å². The molecule has 7 nitrogen and oxygen atoms in total. The van der Waals surface area contributed by atoms with Gasteiger partial charge in [0, 0.05) is 35.0 Å². The first-order valence-electron chi connectivity index (χ1n) is 10.3. The van der Waals surface area contributed by atoms with Gasteiger partial charge in [0.1, 0.15) is 13.2 Å². The van der Waals surface area contributed by atoms with Crippen molar-refractivity contribution in [1.82, 2.24) is 0 Å². The van der Waals surface area contributed by atoms with Gasteiger partial charge in [0.15, 0.2) is 11.5 Å². The molecular weight excluding hydrogens is 428 g/mol. The van der Waals surface area contributed by atoms with Gasteiger partial charge in [-0.25, -0.2) is 0 Å². The Morgan fingerprint density at radius 2 is 1.72 bits per heavy atom. The minimum absolute atomic E-state index is 0.193. The monoisotopic (exact) mass is 448 g/mol. The Morgan fingerprint density at radius 3 is 2.47 bits per heavy atom. The van der Waals surface area contributed by atoms with Crippen molar-refractivity contribution < 1.29 is 23.9 Å². The van der Waals surface area contributed by atoms with Crippen molar-refractivity contribution in [3.05, 3.63) is 70.4 Å². The number of carbonyl (C=O) groups is 3. The summed E-state index contributed by atoms with van der Waals surface area (Å²) in [7, 11) is 0. The van der Waals surface area contributed by atoms with E-state index in [0.29, 0.717) is 48.2 Å². The summed E-state index contributed by atoms with van der Waals surface area (Å²) in [5.41, 5.74) is 1.48. The van der Waals surface area contributed by atoms with Crippen molar-refractivity contribution >= 4 is 40.4 Å². The predicted molar refractivity (Wildman–Crippen MR) is 120 cm³/mol. The SMILES string of the molecule is O=C(c1cccc(N2C(=O)CCC2=O)c1)N(Cc1cccs1)c1ccc2c(c1)OCCO2. The predicted octanol–water partition coefficient (Wildman–Crippen LogP) is 4.02. The highest BCUT2D eigenvalue weighted by atomic mass is 32.1. The lowest BCUT2D eigenvalue weighted by atomic mass is 10.1. The maximum atomic E-state index is 13.6. The summed E-state index contributed by atoms with van der Waals surface area (Å²) in [6.07, 6.45) is 0.386. The van der Waals surface area contributed by atoms with Crippen molar-refractivity contribution in [3.63, 3.8) is 0 Å². The van der Waals surface area contributed by atoms with E-state index in [9.17, 15) is 14.4 Å². The van der Waals surface area contributed by atoms with Gasteiger partial charge < -0.3 is 14.4 Å². The van der Waals surface area contributed by atoms with Crippen LogP contribution in [0.15, 0.2) is 60.0 Å². The summed E-state index contributed by atoms with van der Waals surface area (Å²) >= 11 is 1.56. The second-order valence-electron chi connectivity index (χ2n) is 7.47. The third kappa shape index (κ3) is 3.85. The standard InChI is InChI=1S/C24H20N2O5S/c27-22-8-9-23(28)26(22)18-4-1-3-16(13-18)24(29)25(15-19-5-2-12-32-19)17-6-7-20-21(14-17)31-11-10-30-20/h1-7,12-14H,8-11,15H2. The molecule has 162 valence electrons. The number of thiophene rings is 1. The molecule has 3 heterocycles. The first-order valence-corrected chi connectivity index (χ1v) is 11.2. The molecule has 1 fully saturated rings. The van der Waals surface area contributed by atoms with Crippen LogP contribution in [-0.4, -0.2) is 30.9 Å². The number of hydrogen-bond acceptors (Lipinski definition) is 6. The molecule has 3 aromatic rings. The van der Waals surface area contributed by atoms with Gasteiger partial charge in [-0.05, 0) is 41.8 Å². The third-order valence-electron chi connectivity index (χ3n) is 5.38. The number of ether oxygens (including phenoxy) is 2. The van der Waals surface area contributed by atoms with Crippen molar-refractivity contribution in [1.29, 1.82) is 0 Å². The van der Waals surface area contributed by atoms with Crippen LogP contribution in [0.1, 0.15) is 28.1 Å². The van der Waals surface area contributed by atoms with Gasteiger partial charge in [0.05, 0.1) is 12.2 Å². The Balaban J connectivity index is 1.50. The molecule has 1 aromatic heterocycles. The number of anilines is 2. The van der Waals surface area contributed by atoms with Crippen LogP contribution in [-0.2, 0) is 16.1 Å². The van der Waals surface area contributed by atoms with Crippen LogP contribution >= 0.6 is 11.3 Å². The molecule has 5 rings (SSSR count). The lowest BCUT2D eigenvalue weighted by molar-refractivity contribution is -0.121. The summed E-state index contributed by atoms with van der Waals surface area (Å²) in [5, 5.41) is 1.97. The molecule has 0 saturated carbocycles. The molecule has 0 aliphatic carbocycles. The van der Waals surface area contributed by atoms with E-state index in [1.807, 2.05) is 23.6 Å². The lowest BCUT2D eigenvalue weighted by Gasteiger charge is -2.25. The molecule has 2 aromatic carbocycles. The average Bonchev–Trinajstić information content (AvgIpc) is 3.46. The largest absolute Gasteiger partial charge is 0.486 e. The van der Waals surface area contributed by atoms with Gasteiger partial charge in [0.2, 0.25) is 11.8 Å². The molecule has 0 atom stereocenters. The molecule has 0 unspecified atom stereocenters. The fourth-order valence-corrected chi connectivity index (χ4v) is 4.53. The maximum absolute atomic E-state index is 13.6. The van der Waals surface area contributed by atoms with E-state index in [-0.39, 0.29) is 30.6 Å². The van der Waals surface area contributed by atoms with Crippen LogP contribution in [0, 0.1) is 0 Å². The Bertz CT molecular complexity index is 1170. The zero-order valence-corrected chi connectivity index (χ0v) is 18.0. The molecule has 1 saturated heterocycles. The normalized spacial score (nSPS) is 15.2. The molecule has 2 aliphatic rings. The molecule has 0 bridgehead atoms. The first kappa shape index (κ1) is 20.3. The number of imide groups is 1. The highest BCUT2D eigenvalue weighted by Gasteiger charge is 2.31. The summed E-state index contributed by atoms with van der Waals surface area (Å²) < 4.78 is 11.3. The summed E-state index contributed by atoms with van der Waals surface area (Å²) in [6, 6.07) is 16.0. The van der Waals surface area contributed by atoms with E-state index in [1.165, 1.54) is 0 Å². The van der Waals surface area contributed by atoms with Crippen molar-refractivity contribution in [2.45, 2.75) is 19.4 Å². The van der Waals surface area contributed by atoms with Gasteiger partial charge in [-0.15, -0.1) is 11.3 Å². The van der Waals surface area contributed by atoms with Gasteiger partial charge >= 0.3 is 0 Å². The summed E-state index contributed by atoms with van der Waals surface area (Å²) in [5.74, 6) is 0.510. The smallest absolute Gasteiger partial charge is 0.258 e. The Kier molecular flexibility index (Phi) is 5.36. The Morgan fingerprint density at radius 1 is 0.938 bits per heavy atom. The number of rotatable bonds is 5. The molecule has 0 spiro atoms. The lowest BCUT2D eigenvalue weighted by Crippen LogP contribution is -2.31. The van der Waals surface area contributed by atoms with Crippen LogP contribution in [0.2, 0.25) is 0 Å². The summed E-state index contributed by atoms with van der Waals surface area (Å²) in [6.45, 7) is 1.32. The van der Waals surface area contributed by atoms with Crippen LogP contribution in [0.25, 0.3) is 0 Å². The summed E-state index contributed by atoms with van der Waals surface area (Å²) in [4.78, 5) is 41.8. The van der Waals surface area contributed by atoms with E-state index in [4.69, 9.17) is 9.47 Å². The van der Waals surface area contributed by atoms with Gasteiger partial charge in [-0.3, -0.25) is 19.3 Å². The number of hydrogen-bond donors (Lipinski definition) is 0. The number of amides is 3. The van der Waals surface area contributed by atoms with Crippen LogP contribution in [0.3, 0.4) is 0 Å². The van der Waals surface area contributed by atoms with Crippen LogP contribution in [0.5, 0.6) is 11.5 Å². The van der Waals surface area contributed by atoms with E-state index >= 15 is 0 Å². The number of fused-ring (bicyclic) bond motifs is 1. The van der Waals surface area contributed by atoms with Crippen molar-refractivity contribution in [2.75, 3.05) is 23.0 Å². The Hall–Kier alpha value is -3.65. The topological polar surface area (TPSA) is 76.2 Å². The van der Waals surface area contributed by atoms with Crippen LogP contribution in [0.4, 0.5) is 11.4 Å². The fraction of sp³-hybridized carbons (Fsp3) is 0.208. The molecule has 32 heavy (non-hydrogen) atoms. The van der Waals surface area contributed by atoms with Gasteiger partial charge in [-0.2, -0.15) is 0 Å². The molecule has 3 amide bonds. The highest BCUT2D eigenvalue weighted by molar-refractivity contribution is 7.09. The zero-order valence-electron chi connectivity index (χ0n) is 17.2. The van der Waals surface area contributed by atoms with E-state index < -0.39 is 0 Å². The van der Waals surface area contributed by atoms with Gasteiger partial charge in [0.25, 0.3) is 5.91 Å². The zero-order chi connectivity index (χ0) is 22.1. The van der Waals surface area contributed by atoms with Crippen molar-refractivity contribution in [2.24, 2.45) is 0 Å². The number of nitrogens with zero attached hydrogens (tertiary/aromatic N) is 2. The number of benzene rings is 2. The maximum Gasteiger partial charge on any atom is 0.258 e. The van der Waals surface area contributed by atoms with Crippen molar-refractivity contribution in [3.8, 4) is 11.5 Å². The minimum atomic E-state index is -0.248. The number of carbonyl (C=O) groups excluding carboxylic acids is 3. The molecule has 0 radical (unpaired) electrons. The molecule has 8 heteroatoms. The van der Waals surface area contributed by atoms with Gasteiger partial charge in [-0.1, -0.05) is 12.1 Å². The third-order valence-corrected chi connectivity index (χ3v) is 6.24. The highest BCUT2D eigenvalue weighted by Crippen LogP contribution is 2.35. The second-order valence-corrected chi connectivity index (χ2v) is 8.50. The van der Waals surface area contributed by atoms with E-state index in [0.717, 1.165) is 9.78 Å². The van der Waals surface area contributed by atoms with E-state index in [2.05, 4.69) is 0 Å². The quantitative estimate of drug-likeness (QED) is 0.551. The van der Waals surface area contributed by atoms with Crippen LogP contribution < -0.4 is 19.3 Å². The molecule has 0 N–H and O–H groups in total. The fourth-order valence-electron chi connectivity index (χ4n) is 3.84. The first-order chi connectivity index (χ1) is 15.6. The second kappa shape index (κ2) is 8.47.